The first-order valence-electron chi connectivity index (χ1n) is 5.50. The Bertz CT molecular complexity index is 449. The minimum absolute atomic E-state index is 0.0599. The zero-order valence-corrected chi connectivity index (χ0v) is 9.83. The summed E-state index contributed by atoms with van der Waals surface area (Å²) in [5.41, 5.74) is 0.534. The van der Waals surface area contributed by atoms with Gasteiger partial charge in [-0.05, 0) is 6.07 Å². The molecule has 0 aromatic carbocycles. The van der Waals surface area contributed by atoms with Crippen LogP contribution in [0.1, 0.15) is 17.4 Å². The maximum Gasteiger partial charge on any atom is 0.306 e. The Morgan fingerprint density at radius 2 is 2.18 bits per heavy atom. The number of aryl methyl sites for hydroxylation is 1. The van der Waals surface area contributed by atoms with Crippen molar-refractivity contribution in [1.29, 1.82) is 0 Å². The van der Waals surface area contributed by atoms with Gasteiger partial charge in [-0.25, -0.2) is 0 Å². The van der Waals surface area contributed by atoms with E-state index in [4.69, 9.17) is 5.11 Å². The van der Waals surface area contributed by atoms with E-state index in [-0.39, 0.29) is 11.8 Å². The van der Waals surface area contributed by atoms with Crippen LogP contribution in [0.5, 0.6) is 0 Å². The third kappa shape index (κ3) is 2.02. The van der Waals surface area contributed by atoms with Crippen molar-refractivity contribution in [2.75, 3.05) is 13.1 Å². The van der Waals surface area contributed by atoms with Gasteiger partial charge in [-0.2, -0.15) is 5.10 Å². The highest BCUT2D eigenvalue weighted by atomic mass is 16.4. The van der Waals surface area contributed by atoms with E-state index in [0.717, 1.165) is 0 Å². The Morgan fingerprint density at radius 3 is 2.65 bits per heavy atom. The summed E-state index contributed by atoms with van der Waals surface area (Å²) in [5.74, 6) is -1.23. The van der Waals surface area contributed by atoms with Crippen molar-refractivity contribution in [2.45, 2.75) is 6.92 Å². The average molecular weight is 237 g/mol. The molecule has 1 aromatic heterocycles. The summed E-state index contributed by atoms with van der Waals surface area (Å²) in [6.45, 7) is 2.70. The van der Waals surface area contributed by atoms with Crippen molar-refractivity contribution >= 4 is 11.9 Å². The van der Waals surface area contributed by atoms with Crippen molar-refractivity contribution in [3.8, 4) is 0 Å². The molecule has 1 unspecified atom stereocenters. The van der Waals surface area contributed by atoms with Crippen molar-refractivity contribution in [1.82, 2.24) is 14.7 Å². The minimum atomic E-state index is -0.803. The zero-order chi connectivity index (χ0) is 12.6. The molecule has 6 nitrogen and oxygen atoms in total. The molecule has 92 valence electrons. The third-order valence-corrected chi connectivity index (χ3v) is 3.33. The van der Waals surface area contributed by atoms with Gasteiger partial charge in [-0.3, -0.25) is 14.3 Å². The van der Waals surface area contributed by atoms with Crippen LogP contribution < -0.4 is 0 Å². The lowest BCUT2D eigenvalue weighted by molar-refractivity contribution is -0.144. The van der Waals surface area contributed by atoms with Gasteiger partial charge in [0.15, 0.2) is 0 Å². The fourth-order valence-electron chi connectivity index (χ4n) is 1.94. The largest absolute Gasteiger partial charge is 0.481 e. The normalized spacial score (nSPS) is 17.6. The van der Waals surface area contributed by atoms with Gasteiger partial charge in [-0.1, -0.05) is 6.92 Å². The summed E-state index contributed by atoms with van der Waals surface area (Å²) >= 11 is 0. The van der Waals surface area contributed by atoms with Gasteiger partial charge >= 0.3 is 5.97 Å². The Morgan fingerprint density at radius 1 is 1.53 bits per heavy atom. The molecule has 2 heterocycles. The first-order valence-corrected chi connectivity index (χ1v) is 5.50. The lowest BCUT2D eigenvalue weighted by Gasteiger charge is -2.41. The second-order valence-electron chi connectivity index (χ2n) is 4.44. The van der Waals surface area contributed by atoms with Gasteiger partial charge in [0.25, 0.3) is 5.91 Å². The van der Waals surface area contributed by atoms with Crippen molar-refractivity contribution in [2.24, 2.45) is 18.9 Å². The number of aliphatic carboxylic acids is 1. The lowest BCUT2D eigenvalue weighted by Crippen LogP contribution is -2.53. The van der Waals surface area contributed by atoms with Crippen LogP contribution in [0.15, 0.2) is 12.3 Å². The number of carboxylic acid groups (broad SMARTS) is 1. The van der Waals surface area contributed by atoms with Crippen LogP contribution in [-0.4, -0.2) is 44.8 Å². The van der Waals surface area contributed by atoms with Crippen LogP contribution in [0, 0.1) is 11.8 Å². The number of amides is 1. The van der Waals surface area contributed by atoms with Crippen molar-refractivity contribution < 1.29 is 14.7 Å². The van der Waals surface area contributed by atoms with Crippen LogP contribution in [0.3, 0.4) is 0 Å². The Hall–Kier alpha value is -1.85. The Labute approximate surface area is 98.8 Å². The van der Waals surface area contributed by atoms with E-state index in [1.807, 2.05) is 0 Å². The fourth-order valence-corrected chi connectivity index (χ4v) is 1.94. The molecule has 1 saturated heterocycles. The molecule has 1 N–H and O–H groups in total. The van der Waals surface area contributed by atoms with Gasteiger partial charge in [0.05, 0.1) is 5.92 Å². The fraction of sp³-hybridized carbons (Fsp3) is 0.545. The number of carbonyl (C=O) groups is 2. The first-order chi connectivity index (χ1) is 8.00. The number of nitrogens with zero attached hydrogens (tertiary/aromatic N) is 3. The predicted octanol–water partition coefficient (Wildman–Crippen LogP) is 0.213. The lowest BCUT2D eigenvalue weighted by atomic mass is 9.87. The maximum absolute atomic E-state index is 12.0. The van der Waals surface area contributed by atoms with Crippen molar-refractivity contribution in [3.05, 3.63) is 18.0 Å². The number of aromatic nitrogens is 2. The monoisotopic (exact) mass is 237 g/mol. The number of hydrogen-bond acceptors (Lipinski definition) is 3. The van der Waals surface area contributed by atoms with Gasteiger partial charge in [-0.15, -0.1) is 0 Å². The summed E-state index contributed by atoms with van der Waals surface area (Å²) in [4.78, 5) is 24.4. The molecule has 1 fully saturated rings. The second kappa shape index (κ2) is 4.20. The molecule has 2 rings (SSSR count). The topological polar surface area (TPSA) is 75.4 Å². The molecular weight excluding hydrogens is 222 g/mol. The maximum atomic E-state index is 12.0. The molecule has 1 aliphatic heterocycles. The second-order valence-corrected chi connectivity index (χ2v) is 4.44. The molecule has 1 aromatic rings. The summed E-state index contributed by atoms with van der Waals surface area (Å²) in [6, 6.07) is 1.66. The molecule has 0 bridgehead atoms. The molecule has 17 heavy (non-hydrogen) atoms. The summed E-state index contributed by atoms with van der Waals surface area (Å²) in [6.07, 6.45) is 1.57. The van der Waals surface area contributed by atoms with E-state index in [9.17, 15) is 9.59 Å². The Balaban J connectivity index is 1.95. The molecular formula is C11H15N3O3. The van der Waals surface area contributed by atoms with Gasteiger partial charge in [0.1, 0.15) is 5.69 Å². The summed E-state index contributed by atoms with van der Waals surface area (Å²) in [5, 5.41) is 12.8. The number of rotatable bonds is 3. The summed E-state index contributed by atoms with van der Waals surface area (Å²) in [7, 11) is 1.71. The molecule has 1 atom stereocenters. The molecule has 0 saturated carbocycles. The predicted molar refractivity (Wildman–Crippen MR) is 59.4 cm³/mol. The van der Waals surface area contributed by atoms with Crippen LogP contribution in [-0.2, 0) is 11.8 Å². The standard InChI is InChI=1S/C11H15N3O3/c1-7(11(16)17)8-5-14(6-8)10(15)9-3-4-12-13(9)2/h3-4,7-8H,5-6H2,1-2H3,(H,16,17). The van der Waals surface area contributed by atoms with E-state index in [0.29, 0.717) is 18.8 Å². The number of carbonyl (C=O) groups excluding carboxylic acids is 1. The highest BCUT2D eigenvalue weighted by Gasteiger charge is 2.37. The average Bonchev–Trinajstić information content (AvgIpc) is 2.61. The number of hydrogen-bond donors (Lipinski definition) is 1. The molecule has 1 amide bonds. The minimum Gasteiger partial charge on any atom is -0.481 e. The quantitative estimate of drug-likeness (QED) is 0.815. The number of carboxylic acids is 1. The van der Waals surface area contributed by atoms with E-state index < -0.39 is 11.9 Å². The molecule has 1 aliphatic rings. The molecule has 0 radical (unpaired) electrons. The van der Waals surface area contributed by atoms with E-state index in [2.05, 4.69) is 5.10 Å². The summed E-state index contributed by atoms with van der Waals surface area (Å²) < 4.78 is 1.52. The zero-order valence-electron chi connectivity index (χ0n) is 9.83. The highest BCUT2D eigenvalue weighted by molar-refractivity contribution is 5.93. The molecule has 0 spiro atoms. The van der Waals surface area contributed by atoms with Gasteiger partial charge < -0.3 is 10.0 Å². The van der Waals surface area contributed by atoms with Gasteiger partial charge in [0, 0.05) is 32.3 Å². The number of likely N-dealkylation sites (tertiary alicyclic amines) is 1. The van der Waals surface area contributed by atoms with Crippen molar-refractivity contribution in [3.63, 3.8) is 0 Å². The molecule has 0 aliphatic carbocycles. The van der Waals surface area contributed by atoms with Crippen LogP contribution in [0.25, 0.3) is 0 Å². The van der Waals surface area contributed by atoms with Crippen LogP contribution in [0.4, 0.5) is 0 Å². The smallest absolute Gasteiger partial charge is 0.306 e. The SMILES string of the molecule is CC(C(=O)O)C1CN(C(=O)c2ccnn2C)C1. The van der Waals surface area contributed by atoms with Crippen LogP contribution >= 0.6 is 0 Å². The van der Waals surface area contributed by atoms with Gasteiger partial charge in [0.2, 0.25) is 0 Å². The molecule has 6 heteroatoms. The van der Waals surface area contributed by atoms with Crippen LogP contribution in [0.2, 0.25) is 0 Å². The first kappa shape index (κ1) is 11.6. The van der Waals surface area contributed by atoms with E-state index in [1.165, 1.54) is 4.68 Å². The van der Waals surface area contributed by atoms with E-state index >= 15 is 0 Å². The third-order valence-electron chi connectivity index (χ3n) is 3.33. The van der Waals surface area contributed by atoms with E-state index in [1.54, 1.807) is 31.1 Å². The Kier molecular flexibility index (Phi) is 2.87. The highest BCUT2D eigenvalue weighted by Crippen LogP contribution is 2.25.